The van der Waals surface area contributed by atoms with Gasteiger partial charge in [0.25, 0.3) is 0 Å². The minimum atomic E-state index is 0.679. The quantitative estimate of drug-likeness (QED) is 0.668. The fourth-order valence-corrected chi connectivity index (χ4v) is 2.48. The third-order valence-electron chi connectivity index (χ3n) is 3.92. The van der Waals surface area contributed by atoms with Crippen LogP contribution in [0.2, 0.25) is 0 Å². The Labute approximate surface area is 114 Å². The lowest BCUT2D eigenvalue weighted by atomic mass is 10.00. The molecule has 106 valence electrons. The van der Waals surface area contributed by atoms with Gasteiger partial charge < -0.3 is 15.2 Å². The zero-order valence-electron chi connectivity index (χ0n) is 12.1. The van der Waals surface area contributed by atoms with E-state index in [1.807, 2.05) is 13.8 Å². The van der Waals surface area contributed by atoms with Crippen LogP contribution in [0.1, 0.15) is 36.8 Å². The summed E-state index contributed by atoms with van der Waals surface area (Å²) < 4.78 is 5.14. The van der Waals surface area contributed by atoms with Crippen LogP contribution in [-0.4, -0.2) is 35.7 Å². The van der Waals surface area contributed by atoms with Gasteiger partial charge in [-0.05, 0) is 39.0 Å². The zero-order valence-corrected chi connectivity index (χ0v) is 12.1. The van der Waals surface area contributed by atoms with Gasteiger partial charge in [-0.2, -0.15) is 0 Å². The highest BCUT2D eigenvalue weighted by Crippen LogP contribution is 2.16. The van der Waals surface area contributed by atoms with Crippen LogP contribution in [0.4, 0.5) is 0 Å². The molecule has 1 fully saturated rings. The molecule has 0 aliphatic carbocycles. The Morgan fingerprint density at radius 1 is 1.42 bits per heavy atom. The lowest BCUT2D eigenvalue weighted by molar-refractivity contribution is 0.277. The Morgan fingerprint density at radius 3 is 2.68 bits per heavy atom. The molecule has 5 nitrogen and oxygen atoms in total. The van der Waals surface area contributed by atoms with Crippen LogP contribution >= 0.6 is 0 Å². The molecule has 0 atom stereocenters. The van der Waals surface area contributed by atoms with Crippen molar-refractivity contribution in [2.45, 2.75) is 40.0 Å². The van der Waals surface area contributed by atoms with Crippen LogP contribution in [-0.2, 0) is 6.42 Å². The van der Waals surface area contributed by atoms with Gasteiger partial charge >= 0.3 is 0 Å². The number of likely N-dealkylation sites (tertiary alicyclic amines) is 1. The molecular weight excluding hydrogens is 240 g/mol. The van der Waals surface area contributed by atoms with Gasteiger partial charge in [-0.1, -0.05) is 12.1 Å². The van der Waals surface area contributed by atoms with Crippen LogP contribution in [0.3, 0.4) is 0 Å². The molecule has 2 rings (SSSR count). The van der Waals surface area contributed by atoms with E-state index < -0.39 is 0 Å². The summed E-state index contributed by atoms with van der Waals surface area (Å²) in [5, 5.41) is 3.95. The molecule has 0 saturated carbocycles. The van der Waals surface area contributed by atoms with Gasteiger partial charge in [-0.15, -0.1) is 0 Å². The van der Waals surface area contributed by atoms with Gasteiger partial charge in [0.05, 0.1) is 5.69 Å². The number of nitrogens with two attached hydrogens (primary N) is 1. The third-order valence-corrected chi connectivity index (χ3v) is 3.92. The van der Waals surface area contributed by atoms with Crippen LogP contribution in [0.15, 0.2) is 9.52 Å². The van der Waals surface area contributed by atoms with Crippen molar-refractivity contribution in [1.82, 2.24) is 10.1 Å². The molecule has 0 unspecified atom stereocenters. The minimum Gasteiger partial charge on any atom is -0.370 e. The molecular formula is C14H24N4O. The van der Waals surface area contributed by atoms with Crippen molar-refractivity contribution < 1.29 is 4.52 Å². The number of aromatic nitrogens is 1. The number of rotatable bonds is 3. The highest BCUT2D eigenvalue weighted by Gasteiger charge is 2.17. The van der Waals surface area contributed by atoms with Gasteiger partial charge in [-0.3, -0.25) is 4.99 Å². The first kappa shape index (κ1) is 13.9. The van der Waals surface area contributed by atoms with Crippen molar-refractivity contribution in [2.24, 2.45) is 16.6 Å². The number of nitrogens with zero attached hydrogens (tertiary/aromatic N) is 3. The molecule has 2 heterocycles. The smallest absolute Gasteiger partial charge is 0.191 e. The van der Waals surface area contributed by atoms with E-state index in [9.17, 15) is 0 Å². The molecule has 0 amide bonds. The molecule has 1 aliphatic rings. The van der Waals surface area contributed by atoms with E-state index >= 15 is 0 Å². The summed E-state index contributed by atoms with van der Waals surface area (Å²) in [5.41, 5.74) is 8.16. The highest BCUT2D eigenvalue weighted by molar-refractivity contribution is 5.78. The fraction of sp³-hybridized carbons (Fsp3) is 0.714. The molecule has 1 saturated heterocycles. The molecule has 0 spiro atoms. The van der Waals surface area contributed by atoms with Gasteiger partial charge in [0.1, 0.15) is 5.76 Å². The third kappa shape index (κ3) is 3.49. The largest absolute Gasteiger partial charge is 0.370 e. The Hall–Kier alpha value is -1.52. The van der Waals surface area contributed by atoms with E-state index in [0.717, 1.165) is 42.4 Å². The first-order chi connectivity index (χ1) is 9.08. The van der Waals surface area contributed by atoms with Crippen molar-refractivity contribution in [3.8, 4) is 0 Å². The summed E-state index contributed by atoms with van der Waals surface area (Å²) >= 11 is 0. The second-order valence-corrected chi connectivity index (χ2v) is 5.46. The van der Waals surface area contributed by atoms with Gasteiger partial charge in [0.2, 0.25) is 0 Å². The maximum absolute atomic E-state index is 6.05. The Morgan fingerprint density at radius 2 is 2.11 bits per heavy atom. The topological polar surface area (TPSA) is 67.6 Å². The number of aliphatic imine (C=N–C) groups is 1. The number of guanidine groups is 1. The SMILES string of the molecule is Cc1noc(C)c1CCN=C(N)N1CCC(C)CC1. The summed E-state index contributed by atoms with van der Waals surface area (Å²) in [7, 11) is 0. The lowest BCUT2D eigenvalue weighted by Gasteiger charge is -2.31. The van der Waals surface area contributed by atoms with Crippen LogP contribution in [0, 0.1) is 19.8 Å². The van der Waals surface area contributed by atoms with Gasteiger partial charge in [-0.25, -0.2) is 0 Å². The monoisotopic (exact) mass is 264 g/mol. The predicted molar refractivity (Wildman–Crippen MR) is 76.1 cm³/mol. The van der Waals surface area contributed by atoms with Crippen molar-refractivity contribution >= 4 is 5.96 Å². The van der Waals surface area contributed by atoms with E-state index in [1.165, 1.54) is 12.8 Å². The molecule has 0 aromatic carbocycles. The average molecular weight is 264 g/mol. The predicted octanol–water partition coefficient (Wildman–Crippen LogP) is 1.88. The minimum absolute atomic E-state index is 0.679. The molecule has 1 aliphatic heterocycles. The molecule has 1 aromatic rings. The number of hydrogen-bond donors (Lipinski definition) is 1. The lowest BCUT2D eigenvalue weighted by Crippen LogP contribution is -2.42. The maximum Gasteiger partial charge on any atom is 0.191 e. The van der Waals surface area contributed by atoms with Crippen molar-refractivity contribution in [1.29, 1.82) is 0 Å². The summed E-state index contributed by atoms with van der Waals surface area (Å²) in [4.78, 5) is 6.67. The molecule has 19 heavy (non-hydrogen) atoms. The Bertz CT molecular complexity index is 425. The number of hydrogen-bond acceptors (Lipinski definition) is 3. The molecule has 0 bridgehead atoms. The van der Waals surface area contributed by atoms with Crippen molar-refractivity contribution in [3.05, 3.63) is 17.0 Å². The summed E-state index contributed by atoms with van der Waals surface area (Å²) in [6.45, 7) is 8.95. The summed E-state index contributed by atoms with van der Waals surface area (Å²) in [5.74, 6) is 2.38. The highest BCUT2D eigenvalue weighted by atomic mass is 16.5. The number of aryl methyl sites for hydroxylation is 2. The van der Waals surface area contributed by atoms with Crippen molar-refractivity contribution in [2.75, 3.05) is 19.6 Å². The van der Waals surface area contributed by atoms with Crippen LogP contribution in [0.5, 0.6) is 0 Å². The first-order valence-corrected chi connectivity index (χ1v) is 7.04. The fourth-order valence-electron chi connectivity index (χ4n) is 2.48. The average Bonchev–Trinajstić information content (AvgIpc) is 2.71. The second-order valence-electron chi connectivity index (χ2n) is 5.46. The standard InChI is InChI=1S/C14H24N4O/c1-10-5-8-18(9-6-10)14(15)16-7-4-13-11(2)17-19-12(13)3/h10H,4-9H2,1-3H3,(H2,15,16). The molecule has 0 radical (unpaired) electrons. The first-order valence-electron chi connectivity index (χ1n) is 7.04. The van der Waals surface area contributed by atoms with E-state index in [1.54, 1.807) is 0 Å². The van der Waals surface area contributed by atoms with Crippen molar-refractivity contribution in [3.63, 3.8) is 0 Å². The van der Waals surface area contributed by atoms with E-state index in [0.29, 0.717) is 12.5 Å². The zero-order chi connectivity index (χ0) is 13.8. The normalized spacial score (nSPS) is 18.1. The molecule has 2 N–H and O–H groups in total. The van der Waals surface area contributed by atoms with E-state index in [-0.39, 0.29) is 0 Å². The number of piperidine rings is 1. The molecule has 1 aromatic heterocycles. The van der Waals surface area contributed by atoms with E-state index in [2.05, 4.69) is 22.0 Å². The molecule has 5 heteroatoms. The summed E-state index contributed by atoms with van der Waals surface area (Å²) in [6.07, 6.45) is 3.26. The van der Waals surface area contributed by atoms with E-state index in [4.69, 9.17) is 10.3 Å². The Balaban J connectivity index is 1.85. The second kappa shape index (κ2) is 6.08. The van der Waals surface area contributed by atoms with Gasteiger partial charge in [0.15, 0.2) is 5.96 Å². The Kier molecular flexibility index (Phi) is 4.45. The summed E-state index contributed by atoms with van der Waals surface area (Å²) in [6, 6.07) is 0. The van der Waals surface area contributed by atoms with Crippen LogP contribution in [0.25, 0.3) is 0 Å². The van der Waals surface area contributed by atoms with Crippen LogP contribution < -0.4 is 5.73 Å². The maximum atomic E-state index is 6.05. The van der Waals surface area contributed by atoms with Gasteiger partial charge in [0, 0.05) is 25.2 Å².